The summed E-state index contributed by atoms with van der Waals surface area (Å²) >= 11 is 0. The Bertz CT molecular complexity index is 530. The number of ether oxygens (including phenoxy) is 1. The Morgan fingerprint density at radius 1 is 1.24 bits per heavy atom. The molecule has 112 valence electrons. The number of rotatable bonds is 4. The highest BCUT2D eigenvalue weighted by molar-refractivity contribution is 5.94. The van der Waals surface area contributed by atoms with Gasteiger partial charge in [-0.1, -0.05) is 12.1 Å². The summed E-state index contributed by atoms with van der Waals surface area (Å²) in [4.78, 5) is 24.6. The molecule has 1 heterocycles. The number of hydrogen-bond donors (Lipinski definition) is 1. The van der Waals surface area contributed by atoms with Crippen LogP contribution >= 0.6 is 0 Å². The van der Waals surface area contributed by atoms with Crippen molar-refractivity contribution in [3.63, 3.8) is 0 Å². The highest BCUT2D eigenvalue weighted by Crippen LogP contribution is 2.16. The fraction of sp³-hybridized carbons (Fsp3) is 0.375. The summed E-state index contributed by atoms with van der Waals surface area (Å²) in [5, 5.41) is 8.58. The van der Waals surface area contributed by atoms with Gasteiger partial charge in [0.25, 0.3) is 5.91 Å². The fourth-order valence-electron chi connectivity index (χ4n) is 2.35. The van der Waals surface area contributed by atoms with Crippen molar-refractivity contribution in [3.8, 4) is 0 Å². The second-order valence-corrected chi connectivity index (χ2v) is 5.05. The van der Waals surface area contributed by atoms with Gasteiger partial charge in [0, 0.05) is 37.9 Å². The molecule has 1 N–H and O–H groups in total. The molecule has 0 aromatic heterocycles. The third-order valence-corrected chi connectivity index (χ3v) is 3.63. The number of carboxylic acids is 1. The summed E-state index contributed by atoms with van der Waals surface area (Å²) in [5.41, 5.74) is 1.36. The van der Waals surface area contributed by atoms with Crippen molar-refractivity contribution in [1.29, 1.82) is 0 Å². The Hall–Kier alpha value is -2.14. The second-order valence-electron chi connectivity index (χ2n) is 5.05. The summed E-state index contributed by atoms with van der Waals surface area (Å²) in [6.45, 7) is 1.39. The van der Waals surface area contributed by atoms with Crippen molar-refractivity contribution < 1.29 is 19.4 Å². The molecule has 1 amide bonds. The van der Waals surface area contributed by atoms with Crippen molar-refractivity contribution in [3.05, 3.63) is 41.5 Å². The van der Waals surface area contributed by atoms with Gasteiger partial charge in [-0.2, -0.15) is 0 Å². The lowest BCUT2D eigenvalue weighted by Crippen LogP contribution is -2.40. The molecule has 5 nitrogen and oxygen atoms in total. The maximum Gasteiger partial charge on any atom is 0.328 e. The Kier molecular flexibility index (Phi) is 5.11. The number of benzene rings is 1. The van der Waals surface area contributed by atoms with Gasteiger partial charge in [0.15, 0.2) is 0 Å². The molecule has 0 unspecified atom stereocenters. The van der Waals surface area contributed by atoms with E-state index in [1.807, 2.05) is 7.05 Å². The quantitative estimate of drug-likeness (QED) is 0.861. The van der Waals surface area contributed by atoms with Crippen LogP contribution in [-0.4, -0.2) is 48.2 Å². The minimum absolute atomic E-state index is 0.0179. The van der Waals surface area contributed by atoms with Gasteiger partial charge < -0.3 is 14.7 Å². The number of nitrogens with zero attached hydrogens (tertiary/aromatic N) is 1. The molecule has 2 rings (SSSR count). The zero-order valence-corrected chi connectivity index (χ0v) is 12.0. The van der Waals surface area contributed by atoms with Gasteiger partial charge in [-0.25, -0.2) is 4.79 Å². The standard InChI is InChI=1S/C16H19NO4/c1-17(14-8-10-21-11-9-14)16(20)13-5-2-12(3-6-13)4-7-15(18)19/h2-7,14H,8-11H2,1H3,(H,18,19). The minimum Gasteiger partial charge on any atom is -0.478 e. The normalized spacial score (nSPS) is 16.0. The largest absolute Gasteiger partial charge is 0.478 e. The van der Waals surface area contributed by atoms with Crippen molar-refractivity contribution in [1.82, 2.24) is 4.90 Å². The molecule has 0 atom stereocenters. The van der Waals surface area contributed by atoms with Crippen molar-refractivity contribution >= 4 is 18.0 Å². The van der Waals surface area contributed by atoms with Crippen molar-refractivity contribution in [2.24, 2.45) is 0 Å². The Morgan fingerprint density at radius 3 is 2.43 bits per heavy atom. The maximum absolute atomic E-state index is 12.4. The lowest BCUT2D eigenvalue weighted by Gasteiger charge is -2.31. The van der Waals surface area contributed by atoms with E-state index in [-0.39, 0.29) is 11.9 Å². The van der Waals surface area contributed by atoms with Crippen LogP contribution in [0.1, 0.15) is 28.8 Å². The van der Waals surface area contributed by atoms with Crippen LogP contribution in [0.15, 0.2) is 30.3 Å². The first-order chi connectivity index (χ1) is 10.1. The molecular formula is C16H19NO4. The van der Waals surface area contributed by atoms with Crippen LogP contribution in [0, 0.1) is 0 Å². The van der Waals surface area contributed by atoms with Crippen LogP contribution in [0.3, 0.4) is 0 Å². The third kappa shape index (κ3) is 4.16. The summed E-state index contributed by atoms with van der Waals surface area (Å²) in [5.74, 6) is -1.01. The molecule has 5 heteroatoms. The lowest BCUT2D eigenvalue weighted by atomic mass is 10.1. The van der Waals surface area contributed by atoms with Crippen LogP contribution in [0.25, 0.3) is 6.08 Å². The molecule has 0 aliphatic carbocycles. The Morgan fingerprint density at radius 2 is 1.86 bits per heavy atom. The average molecular weight is 289 g/mol. The second kappa shape index (κ2) is 7.04. The first-order valence-electron chi connectivity index (χ1n) is 6.94. The average Bonchev–Trinajstić information content (AvgIpc) is 2.53. The number of carboxylic acid groups (broad SMARTS) is 1. The van der Waals surface area contributed by atoms with Gasteiger partial charge in [0.2, 0.25) is 0 Å². The molecule has 1 aliphatic heterocycles. The molecule has 1 fully saturated rings. The van der Waals surface area contributed by atoms with Crippen LogP contribution < -0.4 is 0 Å². The van der Waals surface area contributed by atoms with E-state index in [2.05, 4.69) is 0 Å². The van der Waals surface area contributed by atoms with Gasteiger partial charge in [-0.3, -0.25) is 4.79 Å². The van der Waals surface area contributed by atoms with Gasteiger partial charge >= 0.3 is 5.97 Å². The zero-order chi connectivity index (χ0) is 15.2. The molecule has 1 aromatic rings. The smallest absolute Gasteiger partial charge is 0.328 e. The number of carbonyl (C=O) groups is 2. The van der Waals surface area contributed by atoms with E-state index in [0.717, 1.165) is 24.5 Å². The Labute approximate surface area is 123 Å². The number of carbonyl (C=O) groups excluding carboxylic acids is 1. The first-order valence-corrected chi connectivity index (χ1v) is 6.94. The van der Waals surface area contributed by atoms with E-state index in [1.54, 1.807) is 29.2 Å². The van der Waals surface area contributed by atoms with Gasteiger partial charge in [0.05, 0.1) is 0 Å². The summed E-state index contributed by atoms with van der Waals surface area (Å²) in [6, 6.07) is 7.15. The van der Waals surface area contributed by atoms with Crippen LogP contribution in [0.2, 0.25) is 0 Å². The highest BCUT2D eigenvalue weighted by Gasteiger charge is 2.23. The van der Waals surface area contributed by atoms with Gasteiger partial charge in [0.1, 0.15) is 0 Å². The minimum atomic E-state index is -0.991. The molecule has 0 radical (unpaired) electrons. The molecule has 1 saturated heterocycles. The lowest BCUT2D eigenvalue weighted by molar-refractivity contribution is -0.131. The van der Waals surface area contributed by atoms with E-state index in [9.17, 15) is 9.59 Å². The maximum atomic E-state index is 12.4. The molecule has 1 aromatic carbocycles. The first kappa shape index (κ1) is 15.3. The fourth-order valence-corrected chi connectivity index (χ4v) is 2.35. The summed E-state index contributed by atoms with van der Waals surface area (Å²) in [6.07, 6.45) is 4.30. The van der Waals surface area contributed by atoms with E-state index in [0.29, 0.717) is 18.8 Å². The van der Waals surface area contributed by atoms with Crippen LogP contribution in [0.4, 0.5) is 0 Å². The van der Waals surface area contributed by atoms with Crippen molar-refractivity contribution in [2.75, 3.05) is 20.3 Å². The predicted molar refractivity (Wildman–Crippen MR) is 79.0 cm³/mol. The molecule has 0 spiro atoms. The molecule has 21 heavy (non-hydrogen) atoms. The third-order valence-electron chi connectivity index (χ3n) is 3.63. The topological polar surface area (TPSA) is 66.8 Å². The zero-order valence-electron chi connectivity index (χ0n) is 12.0. The highest BCUT2D eigenvalue weighted by atomic mass is 16.5. The van der Waals surface area contributed by atoms with E-state index >= 15 is 0 Å². The predicted octanol–water partition coefficient (Wildman–Crippen LogP) is 2.04. The number of aliphatic carboxylic acids is 1. The number of amides is 1. The van der Waals surface area contributed by atoms with Crippen LogP contribution in [-0.2, 0) is 9.53 Å². The molecule has 0 bridgehead atoms. The van der Waals surface area contributed by atoms with E-state index < -0.39 is 5.97 Å². The van der Waals surface area contributed by atoms with E-state index in [4.69, 9.17) is 9.84 Å². The number of hydrogen-bond acceptors (Lipinski definition) is 3. The summed E-state index contributed by atoms with van der Waals surface area (Å²) < 4.78 is 5.30. The molecular weight excluding hydrogens is 270 g/mol. The summed E-state index contributed by atoms with van der Waals surface area (Å²) in [7, 11) is 1.82. The van der Waals surface area contributed by atoms with Gasteiger partial charge in [-0.15, -0.1) is 0 Å². The van der Waals surface area contributed by atoms with Crippen LogP contribution in [0.5, 0.6) is 0 Å². The van der Waals surface area contributed by atoms with Gasteiger partial charge in [-0.05, 0) is 36.6 Å². The van der Waals surface area contributed by atoms with E-state index in [1.165, 1.54) is 6.08 Å². The Balaban J connectivity index is 2.03. The SMILES string of the molecule is CN(C(=O)c1ccc(C=CC(=O)O)cc1)C1CCOCC1. The molecule has 0 saturated carbocycles. The molecule has 1 aliphatic rings. The monoisotopic (exact) mass is 289 g/mol. The van der Waals surface area contributed by atoms with Crippen molar-refractivity contribution in [2.45, 2.75) is 18.9 Å².